The van der Waals surface area contributed by atoms with Crippen LogP contribution in [0, 0.1) is 12.7 Å². The molecule has 1 heterocycles. The summed E-state index contributed by atoms with van der Waals surface area (Å²) in [7, 11) is 0. The second-order valence-electron chi connectivity index (χ2n) is 5.26. The van der Waals surface area contributed by atoms with Gasteiger partial charge in [-0.15, -0.1) is 0 Å². The summed E-state index contributed by atoms with van der Waals surface area (Å²) < 4.78 is 12.9. The van der Waals surface area contributed by atoms with E-state index in [0.29, 0.717) is 10.7 Å². The first-order valence-corrected chi connectivity index (χ1v) is 8.43. The van der Waals surface area contributed by atoms with Crippen LogP contribution >= 0.6 is 11.8 Å². The van der Waals surface area contributed by atoms with Crippen LogP contribution in [0.15, 0.2) is 65.8 Å². The number of aryl methyl sites for hydroxylation is 1. The van der Waals surface area contributed by atoms with Gasteiger partial charge in [-0.1, -0.05) is 42.1 Å². The fraction of sp³-hybridized carbons (Fsp3) is 0.105. The number of hydrogen-bond donors (Lipinski definition) is 0. The molecular formula is C19H15FN2OS. The molecule has 3 rings (SSSR count). The highest BCUT2D eigenvalue weighted by atomic mass is 32.2. The maximum absolute atomic E-state index is 12.9. The predicted octanol–water partition coefficient (Wildman–Crippen LogP) is 4.57. The molecule has 2 aromatic carbocycles. The molecule has 24 heavy (non-hydrogen) atoms. The number of hydrogen-bond acceptors (Lipinski definition) is 4. The highest BCUT2D eigenvalue weighted by Gasteiger charge is 2.10. The van der Waals surface area contributed by atoms with Gasteiger partial charge < -0.3 is 0 Å². The Morgan fingerprint density at radius 2 is 1.75 bits per heavy atom. The highest BCUT2D eigenvalue weighted by molar-refractivity contribution is 7.99. The fourth-order valence-electron chi connectivity index (χ4n) is 2.21. The van der Waals surface area contributed by atoms with E-state index in [1.54, 1.807) is 0 Å². The van der Waals surface area contributed by atoms with Crippen molar-refractivity contribution in [2.75, 3.05) is 5.75 Å². The minimum Gasteiger partial charge on any atom is -0.293 e. The van der Waals surface area contributed by atoms with Gasteiger partial charge in [0.15, 0.2) is 10.9 Å². The van der Waals surface area contributed by atoms with Crippen molar-refractivity contribution in [1.82, 2.24) is 9.97 Å². The smallest absolute Gasteiger partial charge is 0.188 e. The lowest BCUT2D eigenvalue weighted by Gasteiger charge is -2.06. The Labute approximate surface area is 144 Å². The van der Waals surface area contributed by atoms with E-state index in [9.17, 15) is 9.18 Å². The molecule has 0 atom stereocenters. The zero-order chi connectivity index (χ0) is 16.9. The molecule has 0 amide bonds. The van der Waals surface area contributed by atoms with Crippen LogP contribution in [0.4, 0.5) is 4.39 Å². The largest absolute Gasteiger partial charge is 0.293 e. The first kappa shape index (κ1) is 16.3. The molecule has 5 heteroatoms. The Morgan fingerprint density at radius 1 is 1.04 bits per heavy atom. The topological polar surface area (TPSA) is 42.9 Å². The lowest BCUT2D eigenvalue weighted by molar-refractivity contribution is 0.102. The number of benzene rings is 2. The molecule has 0 radical (unpaired) electrons. The summed E-state index contributed by atoms with van der Waals surface area (Å²) in [5.74, 6) is -0.219. The minimum atomic E-state index is -0.353. The van der Waals surface area contributed by atoms with Gasteiger partial charge in [-0.2, -0.15) is 0 Å². The number of Topliss-reactive ketones (excluding diaryl/α,β-unsaturated/α-hetero) is 1. The van der Waals surface area contributed by atoms with Crippen LogP contribution in [0.25, 0.3) is 11.3 Å². The lowest BCUT2D eigenvalue weighted by Crippen LogP contribution is -2.03. The zero-order valence-electron chi connectivity index (χ0n) is 13.1. The minimum absolute atomic E-state index is 0.0774. The van der Waals surface area contributed by atoms with Gasteiger partial charge in [0.05, 0.1) is 11.4 Å². The van der Waals surface area contributed by atoms with Gasteiger partial charge in [0.25, 0.3) is 0 Å². The first-order valence-electron chi connectivity index (χ1n) is 7.44. The molecule has 1 aromatic heterocycles. The highest BCUT2D eigenvalue weighted by Crippen LogP contribution is 2.22. The molecule has 3 aromatic rings. The number of carbonyl (C=O) groups is 1. The summed E-state index contributed by atoms with van der Waals surface area (Å²) in [4.78, 5) is 21.1. The van der Waals surface area contributed by atoms with E-state index < -0.39 is 0 Å². The van der Waals surface area contributed by atoms with Crippen molar-refractivity contribution < 1.29 is 9.18 Å². The third-order valence-corrected chi connectivity index (χ3v) is 4.25. The molecule has 0 bridgehead atoms. The van der Waals surface area contributed by atoms with Crippen LogP contribution in [-0.2, 0) is 0 Å². The average Bonchev–Trinajstić information content (AvgIpc) is 2.60. The van der Waals surface area contributed by atoms with E-state index in [-0.39, 0.29) is 17.4 Å². The lowest BCUT2D eigenvalue weighted by atomic mass is 10.1. The molecule has 0 N–H and O–H groups in total. The molecule has 0 unspecified atom stereocenters. The Balaban J connectivity index is 1.74. The van der Waals surface area contributed by atoms with Crippen LogP contribution in [0.2, 0.25) is 0 Å². The average molecular weight is 338 g/mol. The molecule has 120 valence electrons. The Bertz CT molecular complexity index is 851. The van der Waals surface area contributed by atoms with Gasteiger partial charge in [-0.05, 0) is 37.3 Å². The number of aromatic nitrogens is 2. The maximum Gasteiger partial charge on any atom is 0.188 e. The molecule has 0 saturated carbocycles. The molecule has 0 saturated heterocycles. The van der Waals surface area contributed by atoms with E-state index in [2.05, 4.69) is 9.97 Å². The van der Waals surface area contributed by atoms with Gasteiger partial charge in [0.1, 0.15) is 5.82 Å². The summed E-state index contributed by atoms with van der Waals surface area (Å²) in [6.07, 6.45) is 0. The third-order valence-electron chi connectivity index (χ3n) is 3.40. The molecule has 0 aliphatic heterocycles. The fourth-order valence-corrected chi connectivity index (χ4v) is 3.01. The summed E-state index contributed by atoms with van der Waals surface area (Å²) >= 11 is 1.29. The number of halogens is 1. The monoisotopic (exact) mass is 338 g/mol. The molecular weight excluding hydrogens is 323 g/mol. The molecule has 0 spiro atoms. The molecule has 0 aliphatic rings. The Morgan fingerprint density at radius 3 is 2.46 bits per heavy atom. The van der Waals surface area contributed by atoms with Crippen molar-refractivity contribution in [2.45, 2.75) is 12.1 Å². The van der Waals surface area contributed by atoms with Gasteiger partial charge in [0, 0.05) is 16.8 Å². The van der Waals surface area contributed by atoms with E-state index in [0.717, 1.165) is 17.0 Å². The first-order chi connectivity index (χ1) is 11.6. The normalized spacial score (nSPS) is 10.6. The van der Waals surface area contributed by atoms with Crippen molar-refractivity contribution >= 4 is 17.5 Å². The van der Waals surface area contributed by atoms with Crippen LogP contribution in [0.5, 0.6) is 0 Å². The van der Waals surface area contributed by atoms with Crippen LogP contribution < -0.4 is 0 Å². The van der Waals surface area contributed by atoms with Crippen molar-refractivity contribution in [3.8, 4) is 11.3 Å². The van der Waals surface area contributed by atoms with Gasteiger partial charge in [-0.25, -0.2) is 14.4 Å². The zero-order valence-corrected chi connectivity index (χ0v) is 13.9. The second kappa shape index (κ2) is 7.36. The van der Waals surface area contributed by atoms with Crippen molar-refractivity contribution in [2.24, 2.45) is 0 Å². The molecule has 0 fully saturated rings. The summed E-state index contributed by atoms with van der Waals surface area (Å²) in [6, 6.07) is 17.3. The van der Waals surface area contributed by atoms with Crippen LogP contribution in [0.1, 0.15) is 16.1 Å². The van der Waals surface area contributed by atoms with Crippen LogP contribution in [-0.4, -0.2) is 21.5 Å². The second-order valence-corrected chi connectivity index (χ2v) is 6.20. The van der Waals surface area contributed by atoms with E-state index in [4.69, 9.17) is 0 Å². The SMILES string of the molecule is Cc1cc(-c2ccccc2)nc(SCC(=O)c2ccc(F)cc2)n1. The van der Waals surface area contributed by atoms with Gasteiger partial charge in [-0.3, -0.25) is 4.79 Å². The number of thioether (sulfide) groups is 1. The number of carbonyl (C=O) groups excluding carboxylic acids is 1. The third kappa shape index (κ3) is 4.06. The summed E-state index contributed by atoms with van der Waals surface area (Å²) in [5, 5.41) is 0.560. The van der Waals surface area contributed by atoms with E-state index in [1.807, 2.05) is 43.3 Å². The summed E-state index contributed by atoms with van der Waals surface area (Å²) in [6.45, 7) is 1.90. The number of ketones is 1. The number of nitrogens with zero attached hydrogens (tertiary/aromatic N) is 2. The van der Waals surface area contributed by atoms with Gasteiger partial charge >= 0.3 is 0 Å². The molecule has 0 aliphatic carbocycles. The number of rotatable bonds is 5. The quantitative estimate of drug-likeness (QED) is 0.388. The Kier molecular flexibility index (Phi) is 5.01. The van der Waals surface area contributed by atoms with Crippen molar-refractivity contribution in [3.63, 3.8) is 0 Å². The summed E-state index contributed by atoms with van der Waals surface area (Å²) in [5.41, 5.74) is 3.18. The van der Waals surface area contributed by atoms with Gasteiger partial charge in [0.2, 0.25) is 0 Å². The van der Waals surface area contributed by atoms with Crippen LogP contribution in [0.3, 0.4) is 0 Å². The van der Waals surface area contributed by atoms with E-state index >= 15 is 0 Å². The Hall–Kier alpha value is -2.53. The maximum atomic E-state index is 12.9. The van der Waals surface area contributed by atoms with Crippen molar-refractivity contribution in [3.05, 3.63) is 77.7 Å². The standard InChI is InChI=1S/C19H15FN2OS/c1-13-11-17(14-5-3-2-4-6-14)22-19(21-13)24-12-18(23)15-7-9-16(20)10-8-15/h2-11H,12H2,1H3. The van der Waals surface area contributed by atoms with Crippen molar-refractivity contribution in [1.29, 1.82) is 0 Å². The predicted molar refractivity (Wildman–Crippen MR) is 93.7 cm³/mol. The molecule has 3 nitrogen and oxygen atoms in total. The van der Waals surface area contributed by atoms with E-state index in [1.165, 1.54) is 36.0 Å².